The number of hydrogen-bond donors (Lipinski definition) is 1. The van der Waals surface area contributed by atoms with E-state index < -0.39 is 0 Å². The fraction of sp³-hybridized carbons (Fsp3) is 0.133. The molecule has 6 heteroatoms. The van der Waals surface area contributed by atoms with Crippen molar-refractivity contribution in [3.8, 4) is 11.4 Å². The molecule has 21 heavy (non-hydrogen) atoms. The molecule has 0 saturated carbocycles. The first kappa shape index (κ1) is 13.6. The highest BCUT2D eigenvalue weighted by Crippen LogP contribution is 2.31. The van der Waals surface area contributed by atoms with Gasteiger partial charge in [0.15, 0.2) is 5.82 Å². The van der Waals surface area contributed by atoms with Gasteiger partial charge in [-0.3, -0.25) is 0 Å². The molecule has 0 spiro atoms. The molecular formula is C15H14ClN5. The summed E-state index contributed by atoms with van der Waals surface area (Å²) < 4.78 is 1.71. The molecule has 1 heterocycles. The molecule has 1 aromatic heterocycles. The molecule has 2 N–H and O–H groups in total. The van der Waals surface area contributed by atoms with Crippen LogP contribution >= 0.6 is 11.6 Å². The van der Waals surface area contributed by atoms with Crippen molar-refractivity contribution in [2.24, 2.45) is 0 Å². The molecule has 2 aromatic carbocycles. The Balaban J connectivity index is 2.04. The maximum absolute atomic E-state index is 6.24. The highest BCUT2D eigenvalue weighted by Gasteiger charge is 2.16. The molecule has 0 unspecified atom stereocenters. The van der Waals surface area contributed by atoms with Gasteiger partial charge in [0.25, 0.3) is 0 Å². The molecule has 0 amide bonds. The van der Waals surface area contributed by atoms with Gasteiger partial charge in [0.1, 0.15) is 0 Å². The summed E-state index contributed by atoms with van der Waals surface area (Å²) in [6.45, 7) is 2.63. The third-order valence-electron chi connectivity index (χ3n) is 3.38. The Hall–Kier alpha value is -2.40. The summed E-state index contributed by atoms with van der Waals surface area (Å²) in [5.41, 5.74) is 9.57. The van der Waals surface area contributed by atoms with Crippen molar-refractivity contribution in [2.45, 2.75) is 13.5 Å². The number of nitrogens with two attached hydrogens (primary N) is 1. The van der Waals surface area contributed by atoms with E-state index in [0.29, 0.717) is 28.6 Å². The fourth-order valence-electron chi connectivity index (χ4n) is 2.22. The molecule has 0 aliphatic rings. The first-order valence-corrected chi connectivity index (χ1v) is 6.89. The maximum atomic E-state index is 6.24. The lowest BCUT2D eigenvalue weighted by atomic mass is 10.1. The minimum atomic E-state index is 0.538. The average molecular weight is 300 g/mol. The Morgan fingerprint density at radius 1 is 1.14 bits per heavy atom. The van der Waals surface area contributed by atoms with Gasteiger partial charge >= 0.3 is 0 Å². The largest absolute Gasteiger partial charge is 0.398 e. The van der Waals surface area contributed by atoms with Gasteiger partial charge in [-0.1, -0.05) is 41.9 Å². The first-order valence-electron chi connectivity index (χ1n) is 6.52. The number of rotatable bonds is 3. The smallest absolute Gasteiger partial charge is 0.185 e. The lowest BCUT2D eigenvalue weighted by Gasteiger charge is -2.10. The van der Waals surface area contributed by atoms with Gasteiger partial charge in [0, 0.05) is 5.69 Å². The third-order valence-corrected chi connectivity index (χ3v) is 3.70. The second-order valence-electron chi connectivity index (χ2n) is 4.79. The molecular weight excluding hydrogens is 286 g/mol. The number of aryl methyl sites for hydroxylation is 1. The molecule has 0 atom stereocenters. The van der Waals surface area contributed by atoms with E-state index in [1.165, 1.54) is 5.56 Å². The van der Waals surface area contributed by atoms with Crippen LogP contribution in [0.2, 0.25) is 5.02 Å². The van der Waals surface area contributed by atoms with Crippen LogP contribution in [0.15, 0.2) is 42.5 Å². The first-order chi connectivity index (χ1) is 10.2. The van der Waals surface area contributed by atoms with E-state index in [4.69, 9.17) is 17.3 Å². The van der Waals surface area contributed by atoms with Crippen LogP contribution in [0.1, 0.15) is 11.1 Å². The van der Waals surface area contributed by atoms with Crippen LogP contribution in [0.25, 0.3) is 11.4 Å². The number of nitrogens with zero attached hydrogens (tertiary/aromatic N) is 4. The molecule has 3 rings (SSSR count). The van der Waals surface area contributed by atoms with E-state index >= 15 is 0 Å². The molecule has 106 valence electrons. The van der Waals surface area contributed by atoms with Crippen LogP contribution in [0, 0.1) is 6.92 Å². The van der Waals surface area contributed by atoms with E-state index in [9.17, 15) is 0 Å². The Bertz CT molecular complexity index is 761. The van der Waals surface area contributed by atoms with Crippen molar-refractivity contribution in [3.63, 3.8) is 0 Å². The normalized spacial score (nSPS) is 10.8. The van der Waals surface area contributed by atoms with Crippen molar-refractivity contribution in [2.75, 3.05) is 5.73 Å². The zero-order valence-corrected chi connectivity index (χ0v) is 12.2. The molecule has 0 aliphatic carbocycles. The second kappa shape index (κ2) is 5.54. The minimum Gasteiger partial charge on any atom is -0.398 e. The summed E-state index contributed by atoms with van der Waals surface area (Å²) in [5, 5.41) is 12.4. The van der Waals surface area contributed by atoms with Crippen molar-refractivity contribution >= 4 is 17.3 Å². The lowest BCUT2D eigenvalue weighted by molar-refractivity contribution is 0.651. The summed E-state index contributed by atoms with van der Waals surface area (Å²) in [4.78, 5) is 0. The van der Waals surface area contributed by atoms with Crippen molar-refractivity contribution in [1.82, 2.24) is 20.2 Å². The van der Waals surface area contributed by atoms with Crippen LogP contribution in [0.3, 0.4) is 0 Å². The summed E-state index contributed by atoms with van der Waals surface area (Å²) >= 11 is 6.24. The van der Waals surface area contributed by atoms with Gasteiger partial charge in [-0.05, 0) is 40.6 Å². The SMILES string of the molecule is Cc1ccccc1Cn1nnnc1-c1c(N)cccc1Cl. The van der Waals surface area contributed by atoms with Crippen molar-refractivity contribution in [3.05, 3.63) is 58.6 Å². The molecule has 0 radical (unpaired) electrons. The summed E-state index contributed by atoms with van der Waals surface area (Å²) in [6.07, 6.45) is 0. The van der Waals surface area contributed by atoms with Gasteiger partial charge in [0.2, 0.25) is 0 Å². The standard InChI is InChI=1S/C15H14ClN5/c1-10-5-2-3-6-11(10)9-21-15(18-19-20-21)14-12(16)7-4-8-13(14)17/h2-8H,9,17H2,1H3. The number of hydrogen-bond acceptors (Lipinski definition) is 4. The highest BCUT2D eigenvalue weighted by molar-refractivity contribution is 6.33. The van der Waals surface area contributed by atoms with E-state index in [0.717, 1.165) is 5.56 Å². The molecule has 3 aromatic rings. The van der Waals surface area contributed by atoms with Gasteiger partial charge in [-0.2, -0.15) is 0 Å². The lowest BCUT2D eigenvalue weighted by Crippen LogP contribution is -2.07. The summed E-state index contributed by atoms with van der Waals surface area (Å²) in [6, 6.07) is 13.5. The molecule has 0 bridgehead atoms. The summed E-state index contributed by atoms with van der Waals surface area (Å²) in [7, 11) is 0. The van der Waals surface area contributed by atoms with E-state index in [2.05, 4.69) is 34.6 Å². The predicted octanol–water partition coefficient (Wildman–Crippen LogP) is 2.93. The van der Waals surface area contributed by atoms with Gasteiger partial charge in [0.05, 0.1) is 17.1 Å². The van der Waals surface area contributed by atoms with E-state index in [1.807, 2.05) is 12.1 Å². The number of aromatic nitrogens is 4. The number of anilines is 1. The number of tetrazole rings is 1. The van der Waals surface area contributed by atoms with Crippen LogP contribution in [0.4, 0.5) is 5.69 Å². The van der Waals surface area contributed by atoms with Crippen molar-refractivity contribution in [1.29, 1.82) is 0 Å². The molecule has 5 nitrogen and oxygen atoms in total. The molecule has 0 fully saturated rings. The highest BCUT2D eigenvalue weighted by atomic mass is 35.5. The number of nitrogen functional groups attached to an aromatic ring is 1. The zero-order chi connectivity index (χ0) is 14.8. The zero-order valence-electron chi connectivity index (χ0n) is 11.5. The fourth-order valence-corrected chi connectivity index (χ4v) is 2.48. The second-order valence-corrected chi connectivity index (χ2v) is 5.20. The Kier molecular flexibility index (Phi) is 3.58. The van der Waals surface area contributed by atoms with Crippen LogP contribution < -0.4 is 5.73 Å². The maximum Gasteiger partial charge on any atom is 0.185 e. The van der Waals surface area contributed by atoms with E-state index in [-0.39, 0.29) is 0 Å². The van der Waals surface area contributed by atoms with Crippen LogP contribution in [-0.2, 0) is 6.54 Å². The van der Waals surface area contributed by atoms with E-state index in [1.54, 1.807) is 22.9 Å². The quantitative estimate of drug-likeness (QED) is 0.755. The molecule has 0 saturated heterocycles. The predicted molar refractivity (Wildman–Crippen MR) is 83.0 cm³/mol. The Labute approximate surface area is 127 Å². The minimum absolute atomic E-state index is 0.538. The van der Waals surface area contributed by atoms with Gasteiger partial charge < -0.3 is 5.73 Å². The number of halogens is 1. The number of benzene rings is 2. The van der Waals surface area contributed by atoms with Gasteiger partial charge in [-0.15, -0.1) is 5.10 Å². The van der Waals surface area contributed by atoms with Crippen LogP contribution in [-0.4, -0.2) is 20.2 Å². The Morgan fingerprint density at radius 3 is 2.71 bits per heavy atom. The third kappa shape index (κ3) is 2.60. The monoisotopic (exact) mass is 299 g/mol. The van der Waals surface area contributed by atoms with Crippen molar-refractivity contribution < 1.29 is 0 Å². The average Bonchev–Trinajstić information content (AvgIpc) is 2.89. The Morgan fingerprint density at radius 2 is 1.95 bits per heavy atom. The topological polar surface area (TPSA) is 69.6 Å². The van der Waals surface area contributed by atoms with Gasteiger partial charge in [-0.25, -0.2) is 4.68 Å². The summed E-state index contributed by atoms with van der Waals surface area (Å²) in [5.74, 6) is 0.571. The van der Waals surface area contributed by atoms with Crippen LogP contribution in [0.5, 0.6) is 0 Å². The molecule has 0 aliphatic heterocycles.